The standard InChI is InChI=1S/C28H34F6N4O4S/c29-27(30,31)17-37-9-11-38(12-10-37)18-5-6-24(22(13-18)28(32,33)34)43(40,41)20-14-21(25(39)36-26(16-35)7-8-26)23(15-20)42-19-3-1-2-4-19/h5-6,13,19-21,23H,1-4,7-12,14-15,17H2,(H,36,39)/t20-,21?,23-/m0/s1. The monoisotopic (exact) mass is 636 g/mol. The van der Waals surface area contributed by atoms with Crippen LogP contribution in [-0.2, 0) is 25.5 Å². The molecule has 0 aromatic heterocycles. The lowest BCUT2D eigenvalue weighted by atomic mass is 10.0. The minimum absolute atomic E-state index is 0.0120. The number of sulfone groups is 1. The molecule has 15 heteroatoms. The Kier molecular flexibility index (Phi) is 8.69. The second-order valence-corrected chi connectivity index (χ2v) is 14.3. The van der Waals surface area contributed by atoms with Gasteiger partial charge in [0.05, 0.1) is 46.4 Å². The van der Waals surface area contributed by atoms with Crippen LogP contribution in [-0.4, -0.2) is 81.1 Å². The zero-order valence-electron chi connectivity index (χ0n) is 23.4. The fourth-order valence-electron chi connectivity index (χ4n) is 6.41. The highest BCUT2D eigenvalue weighted by Crippen LogP contribution is 2.44. The number of nitriles is 1. The van der Waals surface area contributed by atoms with Crippen LogP contribution >= 0.6 is 0 Å². The minimum Gasteiger partial charge on any atom is -0.374 e. The number of benzene rings is 1. The Morgan fingerprint density at radius 3 is 2.26 bits per heavy atom. The first-order chi connectivity index (χ1) is 20.1. The van der Waals surface area contributed by atoms with Crippen molar-refractivity contribution < 1.29 is 44.3 Å². The first-order valence-corrected chi connectivity index (χ1v) is 16.0. The summed E-state index contributed by atoms with van der Waals surface area (Å²) in [6, 6.07) is 4.95. The summed E-state index contributed by atoms with van der Waals surface area (Å²) in [5.41, 5.74) is -2.29. The third-order valence-corrected chi connectivity index (χ3v) is 11.2. The van der Waals surface area contributed by atoms with E-state index in [1.165, 1.54) is 15.9 Å². The molecule has 1 aromatic rings. The van der Waals surface area contributed by atoms with Gasteiger partial charge in [-0.2, -0.15) is 31.6 Å². The molecule has 0 bridgehead atoms. The Bertz CT molecular complexity index is 1340. The number of piperazine rings is 1. The number of ether oxygens (including phenoxy) is 1. The Morgan fingerprint density at radius 1 is 1.05 bits per heavy atom. The van der Waals surface area contributed by atoms with Crippen molar-refractivity contribution in [2.45, 2.75) is 91.6 Å². The summed E-state index contributed by atoms with van der Waals surface area (Å²) in [4.78, 5) is 15.0. The summed E-state index contributed by atoms with van der Waals surface area (Å²) in [6.07, 6.45) is -6.54. The third-order valence-electron chi connectivity index (χ3n) is 8.95. The average molecular weight is 637 g/mol. The van der Waals surface area contributed by atoms with Crippen molar-refractivity contribution in [2.24, 2.45) is 5.92 Å². The first kappa shape index (κ1) is 31.8. The zero-order chi connectivity index (χ0) is 31.2. The fourth-order valence-corrected chi connectivity index (χ4v) is 8.41. The number of halogens is 6. The van der Waals surface area contributed by atoms with Crippen LogP contribution < -0.4 is 10.2 Å². The maximum Gasteiger partial charge on any atom is 0.417 e. The summed E-state index contributed by atoms with van der Waals surface area (Å²) in [7, 11) is -4.59. The molecule has 1 heterocycles. The number of hydrogen-bond acceptors (Lipinski definition) is 7. The molecule has 0 spiro atoms. The van der Waals surface area contributed by atoms with Crippen LogP contribution in [0.1, 0.15) is 56.9 Å². The third kappa shape index (κ3) is 7.23. The highest BCUT2D eigenvalue weighted by atomic mass is 32.2. The maximum atomic E-state index is 14.3. The summed E-state index contributed by atoms with van der Waals surface area (Å²) in [6.45, 7) is -1.05. The Balaban J connectivity index is 1.37. The molecule has 1 aliphatic heterocycles. The van der Waals surface area contributed by atoms with Gasteiger partial charge in [0.1, 0.15) is 5.54 Å². The minimum atomic E-state index is -5.03. The SMILES string of the molecule is N#CC1(NC(=O)C2C[C@H](S(=O)(=O)c3ccc(N4CCN(CC(F)(F)F)CC4)cc3C(F)(F)F)C[C@@H]2OC2CCCC2)CC1. The van der Waals surface area contributed by atoms with Gasteiger partial charge in [-0.25, -0.2) is 8.42 Å². The van der Waals surface area contributed by atoms with E-state index in [2.05, 4.69) is 11.4 Å². The van der Waals surface area contributed by atoms with Gasteiger partial charge in [0.2, 0.25) is 5.91 Å². The lowest BCUT2D eigenvalue weighted by molar-refractivity contribution is -0.146. The molecule has 0 radical (unpaired) electrons. The van der Waals surface area contributed by atoms with Crippen LogP contribution in [0.25, 0.3) is 0 Å². The Labute approximate surface area is 246 Å². The van der Waals surface area contributed by atoms with E-state index in [0.29, 0.717) is 12.8 Å². The molecule has 1 amide bonds. The van der Waals surface area contributed by atoms with E-state index in [9.17, 15) is 44.8 Å². The molecule has 238 valence electrons. The number of rotatable bonds is 8. The van der Waals surface area contributed by atoms with E-state index in [-0.39, 0.29) is 50.8 Å². The van der Waals surface area contributed by atoms with Crippen LogP contribution in [0.15, 0.2) is 23.1 Å². The number of nitrogens with zero attached hydrogens (tertiary/aromatic N) is 3. The fraction of sp³-hybridized carbons (Fsp3) is 0.714. The summed E-state index contributed by atoms with van der Waals surface area (Å²) < 4.78 is 115. The highest BCUT2D eigenvalue weighted by Gasteiger charge is 2.52. The van der Waals surface area contributed by atoms with Gasteiger partial charge >= 0.3 is 12.4 Å². The number of nitrogens with one attached hydrogen (secondary N) is 1. The van der Waals surface area contributed by atoms with E-state index in [0.717, 1.165) is 37.8 Å². The predicted octanol–water partition coefficient (Wildman–Crippen LogP) is 4.44. The van der Waals surface area contributed by atoms with Gasteiger partial charge in [0.25, 0.3) is 0 Å². The molecule has 3 atom stereocenters. The molecule has 1 N–H and O–H groups in total. The van der Waals surface area contributed by atoms with E-state index in [1.807, 2.05) is 0 Å². The van der Waals surface area contributed by atoms with Crippen molar-refractivity contribution in [1.82, 2.24) is 10.2 Å². The molecule has 5 rings (SSSR count). The van der Waals surface area contributed by atoms with Crippen molar-refractivity contribution in [3.63, 3.8) is 0 Å². The van der Waals surface area contributed by atoms with E-state index < -0.39 is 67.9 Å². The van der Waals surface area contributed by atoms with Crippen molar-refractivity contribution in [3.8, 4) is 6.07 Å². The highest BCUT2D eigenvalue weighted by molar-refractivity contribution is 7.92. The van der Waals surface area contributed by atoms with Crippen LogP contribution in [0.2, 0.25) is 0 Å². The van der Waals surface area contributed by atoms with Gasteiger partial charge in [-0.3, -0.25) is 9.69 Å². The number of carbonyl (C=O) groups excluding carboxylic acids is 1. The van der Waals surface area contributed by atoms with Crippen LogP contribution in [0, 0.1) is 17.2 Å². The van der Waals surface area contributed by atoms with Crippen molar-refractivity contribution in [3.05, 3.63) is 23.8 Å². The largest absolute Gasteiger partial charge is 0.417 e. The van der Waals surface area contributed by atoms with Gasteiger partial charge in [0.15, 0.2) is 9.84 Å². The van der Waals surface area contributed by atoms with Gasteiger partial charge in [-0.1, -0.05) is 12.8 Å². The number of anilines is 1. The van der Waals surface area contributed by atoms with Crippen LogP contribution in [0.3, 0.4) is 0 Å². The van der Waals surface area contributed by atoms with E-state index in [4.69, 9.17) is 4.74 Å². The first-order valence-electron chi connectivity index (χ1n) is 14.5. The van der Waals surface area contributed by atoms with Crippen molar-refractivity contribution in [2.75, 3.05) is 37.6 Å². The van der Waals surface area contributed by atoms with Gasteiger partial charge in [-0.15, -0.1) is 0 Å². The average Bonchev–Trinajstić information content (AvgIpc) is 3.29. The van der Waals surface area contributed by atoms with E-state index in [1.54, 1.807) is 0 Å². The quantitative estimate of drug-likeness (QED) is 0.421. The molecular formula is C28H34F6N4O4S. The normalized spacial score (nSPS) is 26.8. The predicted molar refractivity (Wildman–Crippen MR) is 143 cm³/mol. The van der Waals surface area contributed by atoms with Gasteiger partial charge < -0.3 is 15.0 Å². The van der Waals surface area contributed by atoms with Crippen molar-refractivity contribution >= 4 is 21.4 Å². The molecule has 4 fully saturated rings. The van der Waals surface area contributed by atoms with Gasteiger partial charge in [-0.05, 0) is 56.7 Å². The number of hydrogen-bond donors (Lipinski definition) is 1. The lowest BCUT2D eigenvalue weighted by Gasteiger charge is -2.36. The Hall–Kier alpha value is -2.57. The van der Waals surface area contributed by atoms with Gasteiger partial charge in [0, 0.05) is 31.9 Å². The van der Waals surface area contributed by atoms with Crippen molar-refractivity contribution in [1.29, 1.82) is 5.26 Å². The molecule has 1 unspecified atom stereocenters. The molecule has 1 saturated heterocycles. The van der Waals surface area contributed by atoms with Crippen LogP contribution in [0.5, 0.6) is 0 Å². The summed E-state index contributed by atoms with van der Waals surface area (Å²) in [5.74, 6) is -1.47. The molecule has 3 aliphatic carbocycles. The molecule has 4 aliphatic rings. The Morgan fingerprint density at radius 2 is 1.70 bits per heavy atom. The number of carbonyl (C=O) groups is 1. The maximum absolute atomic E-state index is 14.3. The zero-order valence-corrected chi connectivity index (χ0v) is 24.2. The lowest BCUT2D eigenvalue weighted by Crippen LogP contribution is -2.49. The number of alkyl halides is 6. The smallest absolute Gasteiger partial charge is 0.374 e. The number of amides is 1. The topological polar surface area (TPSA) is 103 Å². The van der Waals surface area contributed by atoms with Crippen LogP contribution in [0.4, 0.5) is 32.0 Å². The molecule has 43 heavy (non-hydrogen) atoms. The second-order valence-electron chi connectivity index (χ2n) is 12.1. The summed E-state index contributed by atoms with van der Waals surface area (Å²) >= 11 is 0. The molecule has 3 saturated carbocycles. The van der Waals surface area contributed by atoms with E-state index >= 15 is 0 Å². The molecule has 1 aromatic carbocycles. The molecule has 8 nitrogen and oxygen atoms in total. The molecular weight excluding hydrogens is 602 g/mol. The summed E-state index contributed by atoms with van der Waals surface area (Å²) in [5, 5.41) is 10.8. The second kappa shape index (κ2) is 11.7.